The Morgan fingerprint density at radius 3 is 2.33 bits per heavy atom. The van der Waals surface area contributed by atoms with Crippen LogP contribution in [0.4, 0.5) is 0 Å². The van der Waals surface area contributed by atoms with Crippen LogP contribution in [-0.2, 0) is 9.59 Å². The Hall–Kier alpha value is -0.860. The maximum atomic E-state index is 11.4. The van der Waals surface area contributed by atoms with E-state index in [9.17, 15) is 9.59 Å². The van der Waals surface area contributed by atoms with Crippen LogP contribution in [0.5, 0.6) is 0 Å². The molecule has 0 radical (unpaired) electrons. The maximum Gasteiger partial charge on any atom is 0.233 e. The van der Waals surface area contributed by atoms with E-state index in [0.717, 1.165) is 19.3 Å². The SMILES string of the molecule is CCCNC(=O)C1(C(C)=O)CC1. The van der Waals surface area contributed by atoms with Crippen molar-refractivity contribution in [2.75, 3.05) is 6.54 Å². The van der Waals surface area contributed by atoms with E-state index in [1.165, 1.54) is 6.92 Å². The number of carbonyl (C=O) groups is 2. The normalized spacial score (nSPS) is 18.5. The lowest BCUT2D eigenvalue weighted by atomic mass is 10.0. The lowest BCUT2D eigenvalue weighted by Crippen LogP contribution is -2.36. The Balaban J connectivity index is 2.47. The molecule has 1 aliphatic rings. The van der Waals surface area contributed by atoms with Gasteiger partial charge in [-0.05, 0) is 26.2 Å². The van der Waals surface area contributed by atoms with Crippen LogP contribution in [0.1, 0.15) is 33.1 Å². The summed E-state index contributed by atoms with van der Waals surface area (Å²) in [5, 5.41) is 2.76. The summed E-state index contributed by atoms with van der Waals surface area (Å²) in [4.78, 5) is 22.5. The summed E-state index contributed by atoms with van der Waals surface area (Å²) in [6.45, 7) is 4.17. The highest BCUT2D eigenvalue weighted by Gasteiger charge is 2.53. The quantitative estimate of drug-likeness (QED) is 0.635. The first-order valence-electron chi connectivity index (χ1n) is 4.43. The van der Waals surface area contributed by atoms with Gasteiger partial charge in [-0.25, -0.2) is 0 Å². The minimum absolute atomic E-state index is 0.0103. The van der Waals surface area contributed by atoms with Crippen LogP contribution in [-0.4, -0.2) is 18.2 Å². The molecule has 68 valence electrons. The molecule has 12 heavy (non-hydrogen) atoms. The number of rotatable bonds is 4. The standard InChI is InChI=1S/C9H15NO2/c1-3-6-10-8(12)9(4-5-9)7(2)11/h3-6H2,1-2H3,(H,10,12). The number of carbonyl (C=O) groups excluding carboxylic acids is 2. The van der Waals surface area contributed by atoms with Gasteiger partial charge in [-0.15, -0.1) is 0 Å². The first-order chi connectivity index (χ1) is 5.63. The molecule has 0 aromatic carbocycles. The first-order valence-corrected chi connectivity index (χ1v) is 4.43. The van der Waals surface area contributed by atoms with Gasteiger partial charge in [0.1, 0.15) is 11.2 Å². The summed E-state index contributed by atoms with van der Waals surface area (Å²) in [5.41, 5.74) is -0.630. The third kappa shape index (κ3) is 1.49. The maximum absolute atomic E-state index is 11.4. The molecule has 0 aromatic rings. The number of hydrogen-bond acceptors (Lipinski definition) is 2. The molecule has 0 atom stereocenters. The Kier molecular flexibility index (Phi) is 2.50. The molecule has 1 rings (SSSR count). The van der Waals surface area contributed by atoms with Crippen molar-refractivity contribution >= 4 is 11.7 Å². The lowest BCUT2D eigenvalue weighted by molar-refractivity contribution is -0.134. The van der Waals surface area contributed by atoms with Gasteiger partial charge in [0.15, 0.2) is 0 Å². The molecule has 1 aliphatic carbocycles. The summed E-state index contributed by atoms with van der Waals surface area (Å²) >= 11 is 0. The van der Waals surface area contributed by atoms with Crippen LogP contribution in [0.25, 0.3) is 0 Å². The van der Waals surface area contributed by atoms with Gasteiger partial charge < -0.3 is 5.32 Å². The summed E-state index contributed by atoms with van der Waals surface area (Å²) in [7, 11) is 0. The van der Waals surface area contributed by atoms with E-state index >= 15 is 0 Å². The number of nitrogens with one attached hydrogen (secondary N) is 1. The van der Waals surface area contributed by atoms with Gasteiger partial charge in [0.25, 0.3) is 0 Å². The van der Waals surface area contributed by atoms with Crippen LogP contribution >= 0.6 is 0 Å². The van der Waals surface area contributed by atoms with Crippen LogP contribution in [0.15, 0.2) is 0 Å². The van der Waals surface area contributed by atoms with Crippen molar-refractivity contribution in [3.05, 3.63) is 0 Å². The molecule has 0 saturated heterocycles. The van der Waals surface area contributed by atoms with E-state index in [-0.39, 0.29) is 11.7 Å². The van der Waals surface area contributed by atoms with Crippen LogP contribution in [0.3, 0.4) is 0 Å². The number of amides is 1. The molecule has 1 amide bonds. The number of ketones is 1. The zero-order valence-electron chi connectivity index (χ0n) is 7.64. The fourth-order valence-corrected chi connectivity index (χ4v) is 1.27. The Morgan fingerprint density at radius 2 is 2.00 bits per heavy atom. The monoisotopic (exact) mass is 169 g/mol. The molecule has 3 nitrogen and oxygen atoms in total. The second kappa shape index (κ2) is 3.25. The van der Waals surface area contributed by atoms with Gasteiger partial charge >= 0.3 is 0 Å². The second-order valence-corrected chi connectivity index (χ2v) is 3.39. The van der Waals surface area contributed by atoms with Gasteiger partial charge in [-0.3, -0.25) is 9.59 Å². The molecule has 0 aliphatic heterocycles. The minimum Gasteiger partial charge on any atom is -0.355 e. The highest BCUT2D eigenvalue weighted by molar-refractivity contribution is 6.07. The van der Waals surface area contributed by atoms with Gasteiger partial charge in [0.05, 0.1) is 0 Å². The molecule has 1 fully saturated rings. The van der Waals surface area contributed by atoms with Crippen molar-refractivity contribution in [3.8, 4) is 0 Å². The Morgan fingerprint density at radius 1 is 1.42 bits per heavy atom. The lowest BCUT2D eigenvalue weighted by Gasteiger charge is -2.10. The molecule has 0 bridgehead atoms. The predicted molar refractivity (Wildman–Crippen MR) is 45.6 cm³/mol. The van der Waals surface area contributed by atoms with Gasteiger partial charge in [0, 0.05) is 6.54 Å². The molecule has 1 N–H and O–H groups in total. The van der Waals surface area contributed by atoms with Crippen molar-refractivity contribution < 1.29 is 9.59 Å². The minimum atomic E-state index is -0.630. The van der Waals surface area contributed by atoms with Gasteiger partial charge in [0.2, 0.25) is 5.91 Å². The van der Waals surface area contributed by atoms with Crippen molar-refractivity contribution in [2.45, 2.75) is 33.1 Å². The Labute approximate surface area is 72.5 Å². The fraction of sp³-hybridized carbons (Fsp3) is 0.778. The highest BCUT2D eigenvalue weighted by Crippen LogP contribution is 2.46. The zero-order chi connectivity index (χ0) is 9.19. The molecule has 0 heterocycles. The van der Waals surface area contributed by atoms with E-state index in [4.69, 9.17) is 0 Å². The second-order valence-electron chi connectivity index (χ2n) is 3.39. The molecule has 1 saturated carbocycles. The summed E-state index contributed by atoms with van der Waals surface area (Å²) < 4.78 is 0. The van der Waals surface area contributed by atoms with Crippen LogP contribution in [0.2, 0.25) is 0 Å². The van der Waals surface area contributed by atoms with E-state index in [1.54, 1.807) is 0 Å². The average molecular weight is 169 g/mol. The first kappa shape index (κ1) is 9.23. The molecular formula is C9H15NO2. The summed E-state index contributed by atoms with van der Waals surface area (Å²) in [6.07, 6.45) is 2.38. The van der Waals surface area contributed by atoms with Crippen molar-refractivity contribution in [1.82, 2.24) is 5.32 Å². The van der Waals surface area contributed by atoms with E-state index in [1.807, 2.05) is 6.92 Å². The van der Waals surface area contributed by atoms with Gasteiger partial charge in [-0.1, -0.05) is 6.92 Å². The van der Waals surface area contributed by atoms with Crippen molar-refractivity contribution in [3.63, 3.8) is 0 Å². The zero-order valence-corrected chi connectivity index (χ0v) is 7.64. The fourth-order valence-electron chi connectivity index (χ4n) is 1.27. The van der Waals surface area contributed by atoms with Crippen LogP contribution in [0, 0.1) is 5.41 Å². The highest BCUT2D eigenvalue weighted by atomic mass is 16.2. The summed E-state index contributed by atoms with van der Waals surface area (Å²) in [5.74, 6) is -0.0621. The number of hydrogen-bond donors (Lipinski definition) is 1. The van der Waals surface area contributed by atoms with E-state index in [0.29, 0.717) is 6.54 Å². The van der Waals surface area contributed by atoms with Gasteiger partial charge in [-0.2, -0.15) is 0 Å². The topological polar surface area (TPSA) is 46.2 Å². The van der Waals surface area contributed by atoms with E-state index in [2.05, 4.69) is 5.32 Å². The molecule has 3 heteroatoms. The van der Waals surface area contributed by atoms with Crippen molar-refractivity contribution in [2.24, 2.45) is 5.41 Å². The van der Waals surface area contributed by atoms with Crippen LogP contribution < -0.4 is 5.32 Å². The number of Topliss-reactive ketones (excluding diaryl/α,β-unsaturated/α-hetero) is 1. The Bertz CT molecular complexity index is 207. The molecule has 0 spiro atoms. The average Bonchev–Trinajstić information content (AvgIpc) is 2.80. The third-order valence-electron chi connectivity index (χ3n) is 2.39. The summed E-state index contributed by atoms with van der Waals surface area (Å²) in [6, 6.07) is 0. The molecule has 0 unspecified atom stereocenters. The molecule has 0 aromatic heterocycles. The third-order valence-corrected chi connectivity index (χ3v) is 2.39. The van der Waals surface area contributed by atoms with Crippen molar-refractivity contribution in [1.29, 1.82) is 0 Å². The molecular weight excluding hydrogens is 154 g/mol. The smallest absolute Gasteiger partial charge is 0.233 e. The van der Waals surface area contributed by atoms with E-state index < -0.39 is 5.41 Å². The largest absolute Gasteiger partial charge is 0.355 e. The predicted octanol–water partition coefficient (Wildman–Crippen LogP) is 0.882.